The van der Waals surface area contributed by atoms with Crippen LogP contribution in [0.25, 0.3) is 0 Å². The van der Waals surface area contributed by atoms with Crippen LogP contribution in [0, 0.1) is 24.2 Å². The fourth-order valence-corrected chi connectivity index (χ4v) is 3.22. The first-order valence-corrected chi connectivity index (χ1v) is 8.16. The van der Waals surface area contributed by atoms with Crippen molar-refractivity contribution >= 4 is 5.69 Å². The summed E-state index contributed by atoms with van der Waals surface area (Å²) in [6.07, 6.45) is 0. The number of hydrogen-bond donors (Lipinski definition) is 1. The number of nitrogens with two attached hydrogens (primary N) is 1. The van der Waals surface area contributed by atoms with Crippen molar-refractivity contribution in [3.05, 3.63) is 28.8 Å². The van der Waals surface area contributed by atoms with E-state index >= 15 is 0 Å². The number of nitrogen functional groups attached to an aromatic ring is 1. The summed E-state index contributed by atoms with van der Waals surface area (Å²) in [6.45, 7) is 14.2. The third-order valence-electron chi connectivity index (χ3n) is 4.53. The molecule has 1 aliphatic heterocycles. The van der Waals surface area contributed by atoms with Crippen LogP contribution >= 0.6 is 0 Å². The second-order valence-electron chi connectivity index (χ2n) is 6.93. The fourth-order valence-electron chi connectivity index (χ4n) is 3.22. The van der Waals surface area contributed by atoms with E-state index in [1.807, 2.05) is 13.0 Å². The van der Waals surface area contributed by atoms with Gasteiger partial charge in [-0.2, -0.15) is 5.26 Å². The standard InChI is InChI=1S/C18H28N4/c1-13(2)10-22-6-5-21(11-14(22)3)12-17-7-16(9-19)8-18(20)15(17)4/h7-8,13-14H,5-6,10-12,20H2,1-4H3/t14-/m0/s1. The number of hydrogen-bond acceptors (Lipinski definition) is 4. The molecule has 0 amide bonds. The lowest BCUT2D eigenvalue weighted by Crippen LogP contribution is -2.52. The predicted molar refractivity (Wildman–Crippen MR) is 91.5 cm³/mol. The minimum Gasteiger partial charge on any atom is -0.398 e. The molecule has 0 aromatic heterocycles. The highest BCUT2D eigenvalue weighted by atomic mass is 15.3. The molecule has 0 saturated carbocycles. The van der Waals surface area contributed by atoms with Crippen LogP contribution in [-0.4, -0.2) is 42.0 Å². The Kier molecular flexibility index (Phi) is 5.44. The lowest BCUT2D eigenvalue weighted by Gasteiger charge is -2.40. The van der Waals surface area contributed by atoms with E-state index in [4.69, 9.17) is 11.0 Å². The van der Waals surface area contributed by atoms with Gasteiger partial charge in [-0.1, -0.05) is 13.8 Å². The first kappa shape index (κ1) is 16.8. The zero-order valence-electron chi connectivity index (χ0n) is 14.3. The van der Waals surface area contributed by atoms with Gasteiger partial charge < -0.3 is 5.73 Å². The van der Waals surface area contributed by atoms with E-state index < -0.39 is 0 Å². The van der Waals surface area contributed by atoms with Gasteiger partial charge in [0, 0.05) is 44.5 Å². The molecule has 2 rings (SSSR count). The Bertz CT molecular complexity index is 559. The topological polar surface area (TPSA) is 56.3 Å². The number of benzene rings is 1. The minimum atomic E-state index is 0.577. The van der Waals surface area contributed by atoms with Crippen LogP contribution in [0.5, 0.6) is 0 Å². The van der Waals surface area contributed by atoms with Crippen molar-refractivity contribution in [1.82, 2.24) is 9.80 Å². The molecular formula is C18H28N4. The zero-order valence-corrected chi connectivity index (χ0v) is 14.3. The molecule has 0 radical (unpaired) electrons. The van der Waals surface area contributed by atoms with E-state index in [0.717, 1.165) is 37.4 Å². The normalized spacial score (nSPS) is 20.3. The molecule has 0 aliphatic carbocycles. The quantitative estimate of drug-likeness (QED) is 0.869. The molecule has 0 bridgehead atoms. The molecule has 120 valence electrons. The van der Waals surface area contributed by atoms with Crippen LogP contribution in [0.1, 0.15) is 37.5 Å². The summed E-state index contributed by atoms with van der Waals surface area (Å²) >= 11 is 0. The maximum atomic E-state index is 9.12. The number of piperazine rings is 1. The average molecular weight is 300 g/mol. The van der Waals surface area contributed by atoms with Gasteiger partial charge in [0.25, 0.3) is 0 Å². The van der Waals surface area contributed by atoms with Gasteiger partial charge >= 0.3 is 0 Å². The highest BCUT2D eigenvalue weighted by molar-refractivity contribution is 5.55. The van der Waals surface area contributed by atoms with Crippen LogP contribution in [0.3, 0.4) is 0 Å². The van der Waals surface area contributed by atoms with Crippen molar-refractivity contribution in [2.45, 2.75) is 40.3 Å². The Hall–Kier alpha value is -1.57. The van der Waals surface area contributed by atoms with E-state index in [2.05, 4.69) is 36.6 Å². The molecule has 4 nitrogen and oxygen atoms in total. The second-order valence-corrected chi connectivity index (χ2v) is 6.93. The molecule has 1 heterocycles. The Balaban J connectivity index is 2.04. The SMILES string of the molecule is Cc1c(N)cc(C#N)cc1CN1CCN(CC(C)C)[C@@H](C)C1. The Morgan fingerprint density at radius 2 is 2.09 bits per heavy atom. The Morgan fingerprint density at radius 1 is 1.36 bits per heavy atom. The highest BCUT2D eigenvalue weighted by Crippen LogP contribution is 2.22. The van der Waals surface area contributed by atoms with Crippen LogP contribution in [0.2, 0.25) is 0 Å². The number of nitriles is 1. The van der Waals surface area contributed by atoms with E-state index in [-0.39, 0.29) is 0 Å². The van der Waals surface area contributed by atoms with E-state index in [1.54, 1.807) is 6.07 Å². The molecule has 2 N–H and O–H groups in total. The number of nitrogens with zero attached hydrogens (tertiary/aromatic N) is 3. The smallest absolute Gasteiger partial charge is 0.0992 e. The van der Waals surface area contributed by atoms with Crippen molar-refractivity contribution in [1.29, 1.82) is 5.26 Å². The maximum Gasteiger partial charge on any atom is 0.0992 e. The maximum absolute atomic E-state index is 9.12. The molecule has 22 heavy (non-hydrogen) atoms. The minimum absolute atomic E-state index is 0.577. The van der Waals surface area contributed by atoms with Crippen molar-refractivity contribution in [3.63, 3.8) is 0 Å². The number of rotatable bonds is 4. The zero-order chi connectivity index (χ0) is 16.3. The first-order valence-electron chi connectivity index (χ1n) is 8.16. The highest BCUT2D eigenvalue weighted by Gasteiger charge is 2.24. The van der Waals surface area contributed by atoms with Gasteiger partial charge in [0.2, 0.25) is 0 Å². The van der Waals surface area contributed by atoms with Crippen molar-refractivity contribution in [2.75, 3.05) is 31.9 Å². The second kappa shape index (κ2) is 7.13. The molecule has 4 heteroatoms. The molecular weight excluding hydrogens is 272 g/mol. The fraction of sp³-hybridized carbons (Fsp3) is 0.611. The lowest BCUT2D eigenvalue weighted by atomic mass is 10.0. The van der Waals surface area contributed by atoms with Crippen LogP contribution in [0.4, 0.5) is 5.69 Å². The third kappa shape index (κ3) is 4.00. The molecule has 1 atom stereocenters. The van der Waals surface area contributed by atoms with Gasteiger partial charge in [-0.25, -0.2) is 0 Å². The average Bonchev–Trinajstić information content (AvgIpc) is 2.46. The van der Waals surface area contributed by atoms with Crippen LogP contribution in [0.15, 0.2) is 12.1 Å². The van der Waals surface area contributed by atoms with Crippen molar-refractivity contribution < 1.29 is 0 Å². The molecule has 0 unspecified atom stereocenters. The predicted octanol–water partition coefficient (Wildman–Crippen LogP) is 2.61. The summed E-state index contributed by atoms with van der Waals surface area (Å²) < 4.78 is 0. The summed E-state index contributed by atoms with van der Waals surface area (Å²) in [5.74, 6) is 0.711. The monoisotopic (exact) mass is 300 g/mol. The summed E-state index contributed by atoms with van der Waals surface area (Å²) in [7, 11) is 0. The first-order chi connectivity index (χ1) is 10.4. The van der Waals surface area contributed by atoms with Crippen molar-refractivity contribution in [3.8, 4) is 6.07 Å². The van der Waals surface area contributed by atoms with Crippen LogP contribution < -0.4 is 5.73 Å². The van der Waals surface area contributed by atoms with E-state index in [1.165, 1.54) is 12.1 Å². The van der Waals surface area contributed by atoms with Gasteiger partial charge in [0.1, 0.15) is 0 Å². The number of anilines is 1. The molecule has 1 saturated heterocycles. The summed E-state index contributed by atoms with van der Waals surface area (Å²) in [6, 6.07) is 6.53. The Labute approximate surface area is 134 Å². The molecule has 1 aliphatic rings. The van der Waals surface area contributed by atoms with E-state index in [0.29, 0.717) is 17.5 Å². The van der Waals surface area contributed by atoms with Crippen molar-refractivity contribution in [2.24, 2.45) is 5.92 Å². The summed E-state index contributed by atoms with van der Waals surface area (Å²) in [4.78, 5) is 5.05. The third-order valence-corrected chi connectivity index (χ3v) is 4.53. The molecule has 1 fully saturated rings. The van der Waals surface area contributed by atoms with Gasteiger partial charge in [-0.3, -0.25) is 9.80 Å². The van der Waals surface area contributed by atoms with Crippen LogP contribution in [-0.2, 0) is 6.54 Å². The van der Waals surface area contributed by atoms with Gasteiger partial charge in [0.15, 0.2) is 0 Å². The van der Waals surface area contributed by atoms with E-state index in [9.17, 15) is 0 Å². The largest absolute Gasteiger partial charge is 0.398 e. The van der Waals surface area contributed by atoms with Gasteiger partial charge in [-0.15, -0.1) is 0 Å². The molecule has 0 spiro atoms. The Morgan fingerprint density at radius 3 is 2.68 bits per heavy atom. The van der Waals surface area contributed by atoms with Gasteiger partial charge in [-0.05, 0) is 43.0 Å². The van der Waals surface area contributed by atoms with Gasteiger partial charge in [0.05, 0.1) is 11.6 Å². The lowest BCUT2D eigenvalue weighted by molar-refractivity contribution is 0.0701. The summed E-state index contributed by atoms with van der Waals surface area (Å²) in [5, 5.41) is 9.12. The molecule has 1 aromatic carbocycles. The molecule has 1 aromatic rings. The summed E-state index contributed by atoms with van der Waals surface area (Å²) in [5.41, 5.74) is 9.70.